The van der Waals surface area contributed by atoms with E-state index in [1.54, 1.807) is 37.6 Å². The fraction of sp³-hybridized carbons (Fsp3) is 0.200. The number of nitrogens with one attached hydrogen (secondary N) is 1. The predicted octanol–water partition coefficient (Wildman–Crippen LogP) is 2.59. The molecule has 0 aliphatic heterocycles. The van der Waals surface area contributed by atoms with E-state index >= 15 is 0 Å². The van der Waals surface area contributed by atoms with Crippen LogP contribution < -0.4 is 10.1 Å². The minimum Gasteiger partial charge on any atom is -0.497 e. The third-order valence-corrected chi connectivity index (χ3v) is 3.90. The smallest absolute Gasteiger partial charge is 0.338 e. The standard InChI is InChI=1S/C20H20N4O4/c1-14-3-7-16(8-4-14)21-19(25)12-24-11-17(22-23-24)13-28-20(26)15-5-9-18(27-2)10-6-15/h3-11H,12-13H2,1-2H3,(H,21,25). The predicted molar refractivity (Wildman–Crippen MR) is 102 cm³/mol. The summed E-state index contributed by atoms with van der Waals surface area (Å²) in [6.45, 7) is 1.95. The molecule has 0 aliphatic carbocycles. The molecule has 3 aromatic rings. The highest BCUT2D eigenvalue weighted by molar-refractivity contribution is 5.90. The largest absolute Gasteiger partial charge is 0.497 e. The van der Waals surface area contributed by atoms with Gasteiger partial charge in [-0.1, -0.05) is 22.9 Å². The monoisotopic (exact) mass is 380 g/mol. The van der Waals surface area contributed by atoms with Crippen LogP contribution in [0.3, 0.4) is 0 Å². The summed E-state index contributed by atoms with van der Waals surface area (Å²) in [6, 6.07) is 14.1. The first kappa shape index (κ1) is 19.1. The molecule has 3 rings (SSSR count). The van der Waals surface area contributed by atoms with Crippen LogP contribution in [0, 0.1) is 6.92 Å². The molecule has 0 bridgehead atoms. The third-order valence-electron chi connectivity index (χ3n) is 3.90. The molecule has 2 aromatic carbocycles. The van der Waals surface area contributed by atoms with Crippen LogP contribution in [-0.2, 0) is 22.7 Å². The fourth-order valence-corrected chi connectivity index (χ4v) is 2.42. The summed E-state index contributed by atoms with van der Waals surface area (Å²) in [5.41, 5.74) is 2.68. The van der Waals surface area contributed by atoms with Crippen LogP contribution in [0.4, 0.5) is 5.69 Å². The van der Waals surface area contributed by atoms with E-state index in [2.05, 4.69) is 15.6 Å². The Morgan fingerprint density at radius 1 is 1.07 bits per heavy atom. The molecule has 0 radical (unpaired) electrons. The van der Waals surface area contributed by atoms with Crippen LogP contribution in [0.25, 0.3) is 0 Å². The molecule has 0 saturated carbocycles. The Bertz CT molecular complexity index is 949. The van der Waals surface area contributed by atoms with Crippen molar-refractivity contribution in [3.63, 3.8) is 0 Å². The van der Waals surface area contributed by atoms with Gasteiger partial charge in [0.15, 0.2) is 0 Å². The number of amides is 1. The average Bonchev–Trinajstić information content (AvgIpc) is 3.15. The molecule has 0 aliphatic rings. The first-order valence-corrected chi connectivity index (χ1v) is 8.60. The Morgan fingerprint density at radius 3 is 2.46 bits per heavy atom. The number of aromatic nitrogens is 3. The molecular formula is C20H20N4O4. The second-order valence-electron chi connectivity index (χ2n) is 6.13. The van der Waals surface area contributed by atoms with Gasteiger partial charge < -0.3 is 14.8 Å². The normalized spacial score (nSPS) is 10.4. The van der Waals surface area contributed by atoms with E-state index in [4.69, 9.17) is 9.47 Å². The van der Waals surface area contributed by atoms with Crippen LogP contribution in [0.1, 0.15) is 21.6 Å². The molecule has 144 valence electrons. The number of aryl methyl sites for hydroxylation is 1. The lowest BCUT2D eigenvalue weighted by Gasteiger charge is -2.05. The van der Waals surface area contributed by atoms with Crippen molar-refractivity contribution in [2.24, 2.45) is 0 Å². The number of benzene rings is 2. The Balaban J connectivity index is 1.49. The number of methoxy groups -OCH3 is 1. The van der Waals surface area contributed by atoms with Gasteiger partial charge in [0.05, 0.1) is 18.9 Å². The van der Waals surface area contributed by atoms with Crippen LogP contribution in [0.5, 0.6) is 5.75 Å². The van der Waals surface area contributed by atoms with Gasteiger partial charge in [0.25, 0.3) is 0 Å². The molecule has 8 nitrogen and oxygen atoms in total. The maximum atomic E-state index is 12.1. The van der Waals surface area contributed by atoms with Crippen molar-refractivity contribution >= 4 is 17.6 Å². The number of rotatable bonds is 7. The van der Waals surface area contributed by atoms with Gasteiger partial charge in [-0.3, -0.25) is 4.79 Å². The maximum absolute atomic E-state index is 12.1. The van der Waals surface area contributed by atoms with E-state index in [0.29, 0.717) is 22.7 Å². The maximum Gasteiger partial charge on any atom is 0.338 e. The van der Waals surface area contributed by atoms with E-state index in [-0.39, 0.29) is 19.1 Å². The number of esters is 1. The second kappa shape index (κ2) is 8.81. The lowest BCUT2D eigenvalue weighted by Crippen LogP contribution is -2.19. The van der Waals surface area contributed by atoms with Crippen LogP contribution in [0.2, 0.25) is 0 Å². The highest BCUT2D eigenvalue weighted by atomic mass is 16.5. The summed E-state index contributed by atoms with van der Waals surface area (Å²) in [6.07, 6.45) is 1.57. The van der Waals surface area contributed by atoms with Gasteiger partial charge in [0.1, 0.15) is 24.6 Å². The molecule has 1 heterocycles. The van der Waals surface area contributed by atoms with Gasteiger partial charge >= 0.3 is 5.97 Å². The van der Waals surface area contributed by atoms with E-state index < -0.39 is 5.97 Å². The lowest BCUT2D eigenvalue weighted by atomic mass is 10.2. The number of ether oxygens (including phenoxy) is 2. The zero-order chi connectivity index (χ0) is 19.9. The zero-order valence-electron chi connectivity index (χ0n) is 15.6. The van der Waals surface area contributed by atoms with E-state index in [1.807, 2.05) is 31.2 Å². The SMILES string of the molecule is COc1ccc(C(=O)OCc2cn(CC(=O)Nc3ccc(C)cc3)nn2)cc1. The molecule has 0 atom stereocenters. The quantitative estimate of drug-likeness (QED) is 0.633. The van der Waals surface area contributed by atoms with Gasteiger partial charge in [0, 0.05) is 5.69 Å². The first-order valence-electron chi connectivity index (χ1n) is 8.60. The summed E-state index contributed by atoms with van der Waals surface area (Å²) < 4.78 is 11.7. The van der Waals surface area contributed by atoms with Crippen molar-refractivity contribution in [1.29, 1.82) is 0 Å². The van der Waals surface area contributed by atoms with Gasteiger partial charge in [-0.15, -0.1) is 5.10 Å². The Kier molecular flexibility index (Phi) is 6.01. The van der Waals surface area contributed by atoms with E-state index in [9.17, 15) is 9.59 Å². The summed E-state index contributed by atoms with van der Waals surface area (Å²) in [5.74, 6) is -0.0479. The number of nitrogens with zero attached hydrogens (tertiary/aromatic N) is 3. The van der Waals surface area contributed by atoms with Crippen molar-refractivity contribution in [2.75, 3.05) is 12.4 Å². The number of carbonyl (C=O) groups excluding carboxylic acids is 2. The van der Waals surface area contributed by atoms with E-state index in [1.165, 1.54) is 4.68 Å². The highest BCUT2D eigenvalue weighted by Gasteiger charge is 2.11. The number of anilines is 1. The number of carbonyl (C=O) groups is 2. The Labute approximate surface area is 162 Å². The van der Waals surface area contributed by atoms with Crippen LogP contribution in [0.15, 0.2) is 54.7 Å². The Morgan fingerprint density at radius 2 is 1.79 bits per heavy atom. The molecule has 28 heavy (non-hydrogen) atoms. The molecule has 1 N–H and O–H groups in total. The zero-order valence-corrected chi connectivity index (χ0v) is 15.6. The molecule has 1 aromatic heterocycles. The van der Waals surface area contributed by atoms with Crippen molar-refractivity contribution in [3.05, 3.63) is 71.5 Å². The van der Waals surface area contributed by atoms with Gasteiger partial charge in [0.2, 0.25) is 5.91 Å². The summed E-state index contributed by atoms with van der Waals surface area (Å²) >= 11 is 0. The van der Waals surface area contributed by atoms with Crippen molar-refractivity contribution in [2.45, 2.75) is 20.1 Å². The molecular weight excluding hydrogens is 360 g/mol. The lowest BCUT2D eigenvalue weighted by molar-refractivity contribution is -0.116. The minimum absolute atomic E-state index is 0.00724. The average molecular weight is 380 g/mol. The molecule has 0 spiro atoms. The summed E-state index contributed by atoms with van der Waals surface area (Å²) in [4.78, 5) is 24.1. The molecule has 1 amide bonds. The number of hydrogen-bond donors (Lipinski definition) is 1. The van der Waals surface area contributed by atoms with Gasteiger partial charge in [-0.25, -0.2) is 9.48 Å². The Hall–Kier alpha value is -3.68. The third kappa shape index (κ3) is 5.16. The van der Waals surface area contributed by atoms with Gasteiger partial charge in [-0.05, 0) is 43.3 Å². The van der Waals surface area contributed by atoms with E-state index in [0.717, 1.165) is 5.56 Å². The summed E-state index contributed by atoms with van der Waals surface area (Å²) in [7, 11) is 1.55. The van der Waals surface area contributed by atoms with Gasteiger partial charge in [-0.2, -0.15) is 0 Å². The molecule has 8 heteroatoms. The first-order chi connectivity index (χ1) is 13.5. The topological polar surface area (TPSA) is 95.3 Å². The highest BCUT2D eigenvalue weighted by Crippen LogP contribution is 2.13. The molecule has 0 saturated heterocycles. The van der Waals surface area contributed by atoms with Crippen molar-refractivity contribution in [1.82, 2.24) is 15.0 Å². The molecule has 0 fully saturated rings. The second-order valence-corrected chi connectivity index (χ2v) is 6.13. The molecule has 0 unspecified atom stereocenters. The minimum atomic E-state index is -0.477. The van der Waals surface area contributed by atoms with Crippen molar-refractivity contribution < 1.29 is 19.1 Å². The van der Waals surface area contributed by atoms with Crippen LogP contribution in [-0.4, -0.2) is 34.0 Å². The fourth-order valence-electron chi connectivity index (χ4n) is 2.42. The number of hydrogen-bond acceptors (Lipinski definition) is 6. The summed E-state index contributed by atoms with van der Waals surface area (Å²) in [5, 5.41) is 10.6. The van der Waals surface area contributed by atoms with Crippen molar-refractivity contribution in [3.8, 4) is 5.75 Å². The van der Waals surface area contributed by atoms with Crippen LogP contribution >= 0.6 is 0 Å².